The number of rotatable bonds is 9. The summed E-state index contributed by atoms with van der Waals surface area (Å²) in [5.41, 5.74) is -1.58. The number of halogens is 1. The SMILES string of the molecule is Cn1nnnc1SCC1(C(=O)O)CS[C@@H]2C(NC(=O)C(=O)c3nc(NC=O)sc3Cl)C(=O)N2C1. The van der Waals surface area contributed by atoms with Crippen LogP contribution in [-0.4, -0.2) is 94.6 Å². The van der Waals surface area contributed by atoms with Crippen molar-refractivity contribution in [3.8, 4) is 0 Å². The standard InChI is InChI=1S/C16H15ClN8O6S3/c1-24-15(21-22-23-24)33-4-16(13(30)31)2-25-11(29)7(12(25)32-3-16)19-10(28)8(27)6-9(17)34-14(20-6)18-5-26/h5,7,12H,2-4H2,1H3,(H,19,28)(H,30,31)(H,18,20,26)/t7?,12-,16?/m1/s1. The molecular weight excluding hydrogens is 532 g/mol. The predicted molar refractivity (Wildman–Crippen MR) is 121 cm³/mol. The van der Waals surface area contributed by atoms with Gasteiger partial charge in [-0.15, -0.1) is 16.9 Å². The fourth-order valence-corrected chi connectivity index (χ4v) is 7.03. The minimum atomic E-state index is -1.24. The average molecular weight is 547 g/mol. The number of carboxylic acid groups (broad SMARTS) is 1. The summed E-state index contributed by atoms with van der Waals surface area (Å²) in [6.45, 7) is -0.0595. The second-order valence-electron chi connectivity index (χ2n) is 7.31. The molecule has 0 spiro atoms. The van der Waals surface area contributed by atoms with Gasteiger partial charge >= 0.3 is 5.97 Å². The molecule has 0 aromatic carbocycles. The molecule has 0 radical (unpaired) electrons. The van der Waals surface area contributed by atoms with E-state index in [-0.39, 0.29) is 33.2 Å². The van der Waals surface area contributed by atoms with Crippen LogP contribution in [0.15, 0.2) is 5.16 Å². The molecule has 2 unspecified atom stereocenters. The predicted octanol–water partition coefficient (Wildman–Crippen LogP) is -0.666. The lowest BCUT2D eigenvalue weighted by atomic mass is 9.89. The Labute approximate surface area is 208 Å². The minimum Gasteiger partial charge on any atom is -0.481 e. The van der Waals surface area contributed by atoms with Gasteiger partial charge in [-0.3, -0.25) is 24.0 Å². The van der Waals surface area contributed by atoms with Crippen LogP contribution >= 0.6 is 46.5 Å². The lowest BCUT2D eigenvalue weighted by Crippen LogP contribution is -2.74. The number of ketones is 1. The number of carboxylic acids is 1. The van der Waals surface area contributed by atoms with Crippen LogP contribution in [0.2, 0.25) is 4.34 Å². The van der Waals surface area contributed by atoms with Crippen LogP contribution in [0.25, 0.3) is 0 Å². The molecule has 18 heteroatoms. The van der Waals surface area contributed by atoms with Gasteiger partial charge in [0.05, 0.1) is 0 Å². The van der Waals surface area contributed by atoms with Crippen LogP contribution in [0, 0.1) is 5.41 Å². The Morgan fingerprint density at radius 3 is 2.82 bits per heavy atom. The summed E-state index contributed by atoms with van der Waals surface area (Å²) in [6.07, 6.45) is 0.352. The molecule has 2 aromatic rings. The van der Waals surface area contributed by atoms with Gasteiger partial charge in [-0.25, -0.2) is 9.67 Å². The summed E-state index contributed by atoms with van der Waals surface area (Å²) in [4.78, 5) is 65.4. The first-order chi connectivity index (χ1) is 16.2. The van der Waals surface area contributed by atoms with E-state index in [9.17, 15) is 29.1 Å². The van der Waals surface area contributed by atoms with E-state index in [1.54, 1.807) is 7.05 Å². The largest absolute Gasteiger partial charge is 0.481 e. The van der Waals surface area contributed by atoms with Crippen molar-refractivity contribution in [3.05, 3.63) is 10.0 Å². The van der Waals surface area contributed by atoms with Crippen LogP contribution in [0.4, 0.5) is 5.13 Å². The number of thiazole rings is 1. The van der Waals surface area contributed by atoms with E-state index in [0.717, 1.165) is 11.3 Å². The van der Waals surface area contributed by atoms with Gasteiger partial charge in [0.15, 0.2) is 5.13 Å². The van der Waals surface area contributed by atoms with Gasteiger partial charge in [-0.1, -0.05) is 34.7 Å². The number of carbonyl (C=O) groups is 5. The topological polar surface area (TPSA) is 189 Å². The Morgan fingerprint density at radius 1 is 1.41 bits per heavy atom. The number of hydrogen-bond acceptors (Lipinski definition) is 12. The van der Waals surface area contributed by atoms with Crippen LogP contribution in [0.1, 0.15) is 10.5 Å². The Morgan fingerprint density at radius 2 is 2.18 bits per heavy atom. The number of Topliss-reactive ketones (excluding diaryl/α,β-unsaturated/α-hetero) is 1. The first kappa shape index (κ1) is 24.4. The maximum absolute atomic E-state index is 12.7. The number of tetrazole rings is 1. The molecular formula is C16H15ClN8O6S3. The minimum absolute atomic E-state index is 0.0462. The van der Waals surface area contributed by atoms with Gasteiger partial charge in [-0.2, -0.15) is 0 Å². The zero-order valence-corrected chi connectivity index (χ0v) is 20.3. The highest BCUT2D eigenvalue weighted by molar-refractivity contribution is 8.00. The van der Waals surface area contributed by atoms with E-state index in [2.05, 4.69) is 31.1 Å². The first-order valence-corrected chi connectivity index (χ1v) is 12.6. The molecule has 34 heavy (non-hydrogen) atoms. The summed E-state index contributed by atoms with van der Waals surface area (Å²) in [6, 6.07) is -0.992. The fourth-order valence-electron chi connectivity index (χ4n) is 3.32. The smallest absolute Gasteiger partial charge is 0.313 e. The highest BCUT2D eigenvalue weighted by atomic mass is 35.5. The molecule has 180 valence electrons. The first-order valence-electron chi connectivity index (χ1n) is 9.39. The van der Waals surface area contributed by atoms with Crippen molar-refractivity contribution in [2.45, 2.75) is 16.6 Å². The summed E-state index contributed by atoms with van der Waals surface area (Å²) in [5, 5.41) is 25.5. The zero-order chi connectivity index (χ0) is 24.6. The molecule has 2 aliphatic heterocycles. The number of thioether (sulfide) groups is 2. The maximum Gasteiger partial charge on any atom is 0.313 e. The normalized spacial score (nSPS) is 23.6. The molecule has 0 saturated carbocycles. The zero-order valence-electron chi connectivity index (χ0n) is 17.1. The Balaban J connectivity index is 1.40. The maximum atomic E-state index is 12.7. The molecule has 4 heterocycles. The van der Waals surface area contributed by atoms with E-state index < -0.39 is 40.4 Å². The third-order valence-electron chi connectivity index (χ3n) is 5.13. The van der Waals surface area contributed by atoms with Gasteiger partial charge in [0.1, 0.15) is 26.9 Å². The Bertz CT molecular complexity index is 1190. The van der Waals surface area contributed by atoms with Crippen molar-refractivity contribution in [1.82, 2.24) is 35.4 Å². The van der Waals surface area contributed by atoms with Crippen molar-refractivity contribution in [3.63, 3.8) is 0 Å². The number of anilines is 1. The van der Waals surface area contributed by atoms with E-state index in [0.29, 0.717) is 11.6 Å². The number of amides is 3. The number of fused-ring (bicyclic) bond motifs is 1. The molecule has 2 fully saturated rings. The number of β-lactam (4-membered cyclic amide) rings is 1. The summed E-state index contributed by atoms with van der Waals surface area (Å²) >= 11 is 9.11. The molecule has 3 amide bonds. The number of hydrogen-bond donors (Lipinski definition) is 3. The number of nitrogens with one attached hydrogen (secondary N) is 2. The number of aryl methyl sites for hydroxylation is 1. The van der Waals surface area contributed by atoms with Crippen molar-refractivity contribution in [2.75, 3.05) is 23.4 Å². The van der Waals surface area contributed by atoms with Crippen molar-refractivity contribution >= 4 is 81.6 Å². The van der Waals surface area contributed by atoms with Crippen molar-refractivity contribution in [2.24, 2.45) is 12.5 Å². The molecule has 0 bridgehead atoms. The molecule has 0 aliphatic carbocycles. The monoisotopic (exact) mass is 546 g/mol. The molecule has 3 N–H and O–H groups in total. The summed E-state index contributed by atoms with van der Waals surface area (Å²) in [7, 11) is 1.63. The van der Waals surface area contributed by atoms with E-state index in [1.807, 2.05) is 0 Å². The molecule has 4 rings (SSSR count). The number of nitrogens with zero attached hydrogens (tertiary/aromatic N) is 6. The van der Waals surface area contributed by atoms with Gasteiger partial charge in [0.25, 0.3) is 11.7 Å². The highest BCUT2D eigenvalue weighted by Crippen LogP contribution is 2.44. The second-order valence-corrected chi connectivity index (χ2v) is 11.0. The Hall–Kier alpha value is -2.76. The van der Waals surface area contributed by atoms with Crippen LogP contribution in [0.3, 0.4) is 0 Å². The third kappa shape index (κ3) is 4.35. The van der Waals surface area contributed by atoms with Gasteiger partial charge < -0.3 is 20.6 Å². The second kappa shape index (κ2) is 9.47. The highest BCUT2D eigenvalue weighted by Gasteiger charge is 2.57. The van der Waals surface area contributed by atoms with E-state index in [1.165, 1.54) is 33.1 Å². The number of carbonyl (C=O) groups excluding carboxylic acids is 4. The van der Waals surface area contributed by atoms with E-state index in [4.69, 9.17) is 11.6 Å². The van der Waals surface area contributed by atoms with Gasteiger partial charge in [0, 0.05) is 25.1 Å². The molecule has 2 aliphatic rings. The Kier molecular flexibility index (Phi) is 6.79. The van der Waals surface area contributed by atoms with E-state index >= 15 is 0 Å². The molecule has 2 aromatic heterocycles. The van der Waals surface area contributed by atoms with Crippen LogP contribution < -0.4 is 10.6 Å². The number of aromatic nitrogens is 5. The summed E-state index contributed by atoms with van der Waals surface area (Å²) < 4.78 is 1.34. The lowest BCUT2D eigenvalue weighted by Gasteiger charge is -2.53. The van der Waals surface area contributed by atoms with Crippen LogP contribution in [-0.2, 0) is 26.2 Å². The van der Waals surface area contributed by atoms with Crippen LogP contribution in [0.5, 0.6) is 0 Å². The molecule has 14 nitrogen and oxygen atoms in total. The lowest BCUT2D eigenvalue weighted by molar-refractivity contribution is -0.157. The van der Waals surface area contributed by atoms with Gasteiger partial charge in [0.2, 0.25) is 17.5 Å². The number of aliphatic carboxylic acids is 1. The van der Waals surface area contributed by atoms with Gasteiger partial charge in [-0.05, 0) is 10.4 Å². The third-order valence-corrected chi connectivity index (χ3v) is 9.21. The van der Waals surface area contributed by atoms with Crippen molar-refractivity contribution in [1.29, 1.82) is 0 Å². The fraction of sp³-hybridized carbons (Fsp3) is 0.438. The summed E-state index contributed by atoms with van der Waals surface area (Å²) in [5.74, 6) is -3.38. The molecule has 3 atom stereocenters. The quantitative estimate of drug-likeness (QED) is 0.118. The average Bonchev–Trinajstić information content (AvgIpc) is 3.39. The molecule has 2 saturated heterocycles. The van der Waals surface area contributed by atoms with Crippen molar-refractivity contribution < 1.29 is 29.1 Å².